The average molecular weight is 337 g/mol. The third-order valence-corrected chi connectivity index (χ3v) is 6.92. The molecule has 0 bridgehead atoms. The van der Waals surface area contributed by atoms with Crippen molar-refractivity contribution in [2.45, 2.75) is 102 Å². The van der Waals surface area contributed by atoms with Crippen molar-refractivity contribution in [1.82, 2.24) is 9.80 Å². The van der Waals surface area contributed by atoms with Crippen LogP contribution < -0.4 is 0 Å². The van der Waals surface area contributed by atoms with Crippen molar-refractivity contribution in [3.63, 3.8) is 0 Å². The van der Waals surface area contributed by atoms with Crippen LogP contribution in [0.25, 0.3) is 0 Å². The van der Waals surface area contributed by atoms with E-state index in [1.54, 1.807) is 6.92 Å². The van der Waals surface area contributed by atoms with E-state index in [1.165, 1.54) is 19.3 Å². The van der Waals surface area contributed by atoms with E-state index < -0.39 is 5.60 Å². The summed E-state index contributed by atoms with van der Waals surface area (Å²) in [5.41, 5.74) is -0.566. The quantitative estimate of drug-likeness (QED) is 0.787. The van der Waals surface area contributed by atoms with Gasteiger partial charge in [0.25, 0.3) is 0 Å². The first-order chi connectivity index (χ1) is 11.4. The summed E-state index contributed by atoms with van der Waals surface area (Å²) in [6, 6.07) is 0.407. The molecule has 0 aromatic rings. The summed E-state index contributed by atoms with van der Waals surface area (Å²) in [5.74, 6) is 0.222. The molecule has 24 heavy (non-hydrogen) atoms. The molecule has 0 unspecified atom stereocenters. The molecular formula is C20H36N2O2. The Kier molecular flexibility index (Phi) is 5.55. The standard InChI is InChI=1S/C20H36N2O2/c1-17(23)22-15-8-5-10-18-19(22,2)11-9-14-21(18)16-20(24)12-6-3-4-7-13-20/h18,24H,3-16H2,1-2H3/t18-,19+/m1/s1. The Hall–Kier alpha value is -0.610. The highest BCUT2D eigenvalue weighted by Crippen LogP contribution is 2.40. The van der Waals surface area contributed by atoms with Crippen LogP contribution in [0, 0.1) is 0 Å². The van der Waals surface area contributed by atoms with E-state index in [0.29, 0.717) is 6.04 Å². The molecule has 1 amide bonds. The van der Waals surface area contributed by atoms with Crippen LogP contribution in [0.5, 0.6) is 0 Å². The van der Waals surface area contributed by atoms with Crippen LogP contribution >= 0.6 is 0 Å². The van der Waals surface area contributed by atoms with Crippen LogP contribution in [0.4, 0.5) is 0 Å². The normalized spacial score (nSPS) is 35.0. The lowest BCUT2D eigenvalue weighted by molar-refractivity contribution is -0.141. The Morgan fingerprint density at radius 1 is 1.00 bits per heavy atom. The maximum atomic E-state index is 12.3. The molecule has 1 N–H and O–H groups in total. The molecule has 0 spiro atoms. The number of carbonyl (C=O) groups excluding carboxylic acids is 1. The van der Waals surface area contributed by atoms with Crippen LogP contribution in [-0.4, -0.2) is 57.6 Å². The Labute approximate surface area is 147 Å². The van der Waals surface area contributed by atoms with Gasteiger partial charge in [0.1, 0.15) is 0 Å². The highest BCUT2D eigenvalue weighted by atomic mass is 16.3. The SMILES string of the molecule is CC(=O)N1CCCC[C@H]2N(CC3(O)CCCCCC3)CCC[C@@]21C. The molecule has 0 aromatic carbocycles. The zero-order valence-corrected chi connectivity index (χ0v) is 15.7. The molecule has 3 aliphatic rings. The second-order valence-electron chi connectivity index (χ2n) is 8.75. The maximum Gasteiger partial charge on any atom is 0.219 e. The third kappa shape index (κ3) is 3.65. The zero-order chi connectivity index (χ0) is 17.2. The summed E-state index contributed by atoms with van der Waals surface area (Å²) >= 11 is 0. The van der Waals surface area contributed by atoms with Gasteiger partial charge in [0.2, 0.25) is 5.91 Å². The Bertz CT molecular complexity index is 445. The number of rotatable bonds is 2. The van der Waals surface area contributed by atoms with Gasteiger partial charge < -0.3 is 10.0 Å². The minimum Gasteiger partial charge on any atom is -0.389 e. The Morgan fingerprint density at radius 2 is 1.71 bits per heavy atom. The number of β-amino-alcohol motifs (C(OH)–C–C–N with tert-alkyl or cyclic N) is 1. The molecule has 0 radical (unpaired) electrons. The minimum absolute atomic E-state index is 0.0539. The van der Waals surface area contributed by atoms with Gasteiger partial charge in [-0.25, -0.2) is 0 Å². The highest BCUT2D eigenvalue weighted by molar-refractivity contribution is 5.74. The summed E-state index contributed by atoms with van der Waals surface area (Å²) in [6.07, 6.45) is 12.5. The summed E-state index contributed by atoms with van der Waals surface area (Å²) in [4.78, 5) is 17.0. The number of amides is 1. The van der Waals surface area contributed by atoms with Gasteiger partial charge in [-0.1, -0.05) is 32.1 Å². The molecule has 2 heterocycles. The van der Waals surface area contributed by atoms with Gasteiger partial charge in [0, 0.05) is 26.1 Å². The van der Waals surface area contributed by atoms with Crippen molar-refractivity contribution in [2.75, 3.05) is 19.6 Å². The fourth-order valence-electron chi connectivity index (χ4n) is 5.66. The van der Waals surface area contributed by atoms with E-state index in [4.69, 9.17) is 0 Å². The molecule has 4 nitrogen and oxygen atoms in total. The van der Waals surface area contributed by atoms with Crippen LogP contribution in [0.15, 0.2) is 0 Å². The largest absolute Gasteiger partial charge is 0.389 e. The summed E-state index contributed by atoms with van der Waals surface area (Å²) < 4.78 is 0. The number of piperidine rings is 1. The van der Waals surface area contributed by atoms with Gasteiger partial charge in [-0.15, -0.1) is 0 Å². The van der Waals surface area contributed by atoms with E-state index in [0.717, 1.165) is 71.0 Å². The first kappa shape index (κ1) is 18.2. The fraction of sp³-hybridized carbons (Fsp3) is 0.950. The number of hydrogen-bond donors (Lipinski definition) is 1. The first-order valence-corrected chi connectivity index (χ1v) is 10.2. The van der Waals surface area contributed by atoms with Crippen molar-refractivity contribution in [3.05, 3.63) is 0 Å². The molecule has 138 valence electrons. The van der Waals surface area contributed by atoms with E-state index in [-0.39, 0.29) is 11.4 Å². The van der Waals surface area contributed by atoms with Crippen LogP contribution in [-0.2, 0) is 4.79 Å². The molecule has 3 fully saturated rings. The van der Waals surface area contributed by atoms with Gasteiger partial charge in [-0.2, -0.15) is 0 Å². The predicted molar refractivity (Wildman–Crippen MR) is 96.9 cm³/mol. The number of aliphatic hydroxyl groups is 1. The van der Waals surface area contributed by atoms with Crippen LogP contribution in [0.1, 0.15) is 84.5 Å². The van der Waals surface area contributed by atoms with E-state index >= 15 is 0 Å². The zero-order valence-electron chi connectivity index (χ0n) is 15.7. The van der Waals surface area contributed by atoms with Crippen molar-refractivity contribution < 1.29 is 9.90 Å². The monoisotopic (exact) mass is 336 g/mol. The lowest BCUT2D eigenvalue weighted by atomic mass is 9.78. The van der Waals surface area contributed by atoms with E-state index in [1.807, 2.05) is 0 Å². The lowest BCUT2D eigenvalue weighted by Crippen LogP contribution is -2.65. The second kappa shape index (κ2) is 7.33. The summed E-state index contributed by atoms with van der Waals surface area (Å²) in [7, 11) is 0. The number of fused-ring (bicyclic) bond motifs is 1. The average Bonchev–Trinajstić information content (AvgIpc) is 2.83. The summed E-state index contributed by atoms with van der Waals surface area (Å²) in [6.45, 7) is 6.81. The van der Waals surface area contributed by atoms with Gasteiger partial charge in [-0.3, -0.25) is 9.69 Å². The van der Waals surface area contributed by atoms with Crippen molar-refractivity contribution >= 4 is 5.91 Å². The van der Waals surface area contributed by atoms with Crippen molar-refractivity contribution in [3.8, 4) is 0 Å². The smallest absolute Gasteiger partial charge is 0.219 e. The topological polar surface area (TPSA) is 43.8 Å². The first-order valence-electron chi connectivity index (χ1n) is 10.2. The van der Waals surface area contributed by atoms with E-state index in [2.05, 4.69) is 16.7 Å². The molecule has 2 saturated heterocycles. The number of carbonyl (C=O) groups is 1. The van der Waals surface area contributed by atoms with Gasteiger partial charge >= 0.3 is 0 Å². The molecule has 4 heteroatoms. The number of nitrogens with zero attached hydrogens (tertiary/aromatic N) is 2. The Morgan fingerprint density at radius 3 is 2.38 bits per heavy atom. The highest BCUT2D eigenvalue weighted by Gasteiger charge is 2.48. The van der Waals surface area contributed by atoms with Crippen molar-refractivity contribution in [2.24, 2.45) is 0 Å². The van der Waals surface area contributed by atoms with E-state index in [9.17, 15) is 9.90 Å². The van der Waals surface area contributed by atoms with Gasteiger partial charge in [-0.05, 0) is 52.0 Å². The predicted octanol–water partition coefficient (Wildman–Crippen LogP) is 3.33. The minimum atomic E-state index is -0.512. The molecule has 2 atom stereocenters. The molecule has 2 aliphatic heterocycles. The van der Waals surface area contributed by atoms with Crippen molar-refractivity contribution in [1.29, 1.82) is 0 Å². The van der Waals surface area contributed by atoms with Gasteiger partial charge in [0.15, 0.2) is 0 Å². The second-order valence-corrected chi connectivity index (χ2v) is 8.75. The lowest BCUT2D eigenvalue weighted by Gasteiger charge is -2.54. The molecule has 1 saturated carbocycles. The molecule has 0 aromatic heterocycles. The number of likely N-dealkylation sites (tertiary alicyclic amines) is 2. The van der Waals surface area contributed by atoms with Crippen LogP contribution in [0.2, 0.25) is 0 Å². The molecular weight excluding hydrogens is 300 g/mol. The maximum absolute atomic E-state index is 12.3. The summed E-state index contributed by atoms with van der Waals surface area (Å²) in [5, 5.41) is 11.2. The Balaban J connectivity index is 1.79. The third-order valence-electron chi connectivity index (χ3n) is 6.92. The molecule has 3 rings (SSSR count). The number of hydrogen-bond acceptors (Lipinski definition) is 3. The van der Waals surface area contributed by atoms with Crippen LogP contribution in [0.3, 0.4) is 0 Å². The van der Waals surface area contributed by atoms with Gasteiger partial charge in [0.05, 0.1) is 11.1 Å². The fourth-order valence-corrected chi connectivity index (χ4v) is 5.66. The molecule has 1 aliphatic carbocycles.